The largest absolute Gasteiger partial charge is 0.478 e. The number of benzene rings is 1. The Hall–Kier alpha value is -1.85. The zero-order valence-electron chi connectivity index (χ0n) is 13.0. The minimum Gasteiger partial charge on any atom is -0.478 e. The van der Waals surface area contributed by atoms with Gasteiger partial charge in [-0.1, -0.05) is 12.1 Å². The number of nitrogens with zero attached hydrogens (tertiary/aromatic N) is 2. The third-order valence-corrected chi connectivity index (χ3v) is 4.44. The van der Waals surface area contributed by atoms with Crippen molar-refractivity contribution in [2.75, 3.05) is 32.7 Å². The van der Waals surface area contributed by atoms with Crippen LogP contribution in [0.1, 0.15) is 22.3 Å². The van der Waals surface area contributed by atoms with E-state index in [1.54, 1.807) is 6.07 Å². The maximum absolute atomic E-state index is 11.4. The molecular weight excluding hydrogens is 278 g/mol. The van der Waals surface area contributed by atoms with Gasteiger partial charge in [0.1, 0.15) is 0 Å². The molecule has 0 saturated carbocycles. The molecule has 2 N–H and O–H groups in total. The molecule has 3 rings (SSSR count). The van der Waals surface area contributed by atoms with Crippen LogP contribution in [0.2, 0.25) is 0 Å². The maximum atomic E-state index is 11.4. The number of rotatable bonds is 5. The molecule has 1 aliphatic heterocycles. The third-order valence-electron chi connectivity index (χ3n) is 4.44. The van der Waals surface area contributed by atoms with Crippen LogP contribution in [0.15, 0.2) is 24.4 Å². The van der Waals surface area contributed by atoms with Gasteiger partial charge < -0.3 is 19.9 Å². The molecule has 2 aromatic rings. The standard InChI is InChI=1S/C17H23N3O2/c1-19-12-13(4-3-9-20-10-7-18-8-11-20)14-5-2-6-15(16(14)19)17(21)22/h2,5-6,12,18H,3-4,7-11H2,1H3,(H,21,22). The molecule has 1 aromatic heterocycles. The Morgan fingerprint density at radius 3 is 2.82 bits per heavy atom. The van der Waals surface area contributed by atoms with Gasteiger partial charge in [0.05, 0.1) is 11.1 Å². The van der Waals surface area contributed by atoms with E-state index in [0.29, 0.717) is 5.56 Å². The van der Waals surface area contributed by atoms with E-state index in [1.807, 2.05) is 23.7 Å². The fourth-order valence-electron chi connectivity index (χ4n) is 3.35. The first-order chi connectivity index (χ1) is 10.7. The van der Waals surface area contributed by atoms with Crippen molar-refractivity contribution < 1.29 is 9.90 Å². The second-order valence-corrected chi connectivity index (χ2v) is 5.97. The van der Waals surface area contributed by atoms with Gasteiger partial charge >= 0.3 is 5.97 Å². The summed E-state index contributed by atoms with van der Waals surface area (Å²) >= 11 is 0. The van der Waals surface area contributed by atoms with E-state index in [0.717, 1.165) is 56.5 Å². The predicted molar refractivity (Wildman–Crippen MR) is 87.5 cm³/mol. The molecule has 5 nitrogen and oxygen atoms in total. The lowest BCUT2D eigenvalue weighted by Crippen LogP contribution is -2.43. The van der Waals surface area contributed by atoms with E-state index < -0.39 is 5.97 Å². The van der Waals surface area contributed by atoms with Crippen molar-refractivity contribution in [2.45, 2.75) is 12.8 Å². The lowest BCUT2D eigenvalue weighted by atomic mass is 10.1. The van der Waals surface area contributed by atoms with Crippen LogP contribution in [0.4, 0.5) is 0 Å². The van der Waals surface area contributed by atoms with Gasteiger partial charge in [0.15, 0.2) is 0 Å². The van der Waals surface area contributed by atoms with Gasteiger partial charge in [-0.15, -0.1) is 0 Å². The second-order valence-electron chi connectivity index (χ2n) is 5.97. The number of aryl methyl sites for hydroxylation is 2. The first-order valence-corrected chi connectivity index (χ1v) is 7.90. The quantitative estimate of drug-likeness (QED) is 0.883. The molecular formula is C17H23N3O2. The summed E-state index contributed by atoms with van der Waals surface area (Å²) in [7, 11) is 1.93. The van der Waals surface area contributed by atoms with E-state index in [1.165, 1.54) is 5.56 Å². The van der Waals surface area contributed by atoms with Gasteiger partial charge in [-0.25, -0.2) is 4.79 Å². The number of piperazine rings is 1. The summed E-state index contributed by atoms with van der Waals surface area (Å²) < 4.78 is 1.94. The minimum atomic E-state index is -0.862. The Bertz CT molecular complexity index is 672. The number of nitrogens with one attached hydrogen (secondary N) is 1. The zero-order chi connectivity index (χ0) is 15.5. The van der Waals surface area contributed by atoms with Crippen LogP contribution in [0.25, 0.3) is 10.9 Å². The average Bonchev–Trinajstić information content (AvgIpc) is 2.85. The van der Waals surface area contributed by atoms with Crippen molar-refractivity contribution >= 4 is 16.9 Å². The van der Waals surface area contributed by atoms with Gasteiger partial charge in [-0.05, 0) is 31.0 Å². The zero-order valence-corrected chi connectivity index (χ0v) is 13.0. The molecule has 118 valence electrons. The highest BCUT2D eigenvalue weighted by molar-refractivity contribution is 6.03. The smallest absolute Gasteiger partial charge is 0.337 e. The molecule has 5 heteroatoms. The molecule has 2 heterocycles. The van der Waals surface area contributed by atoms with Gasteiger partial charge in [0.25, 0.3) is 0 Å². The summed E-state index contributed by atoms with van der Waals surface area (Å²) in [4.78, 5) is 13.9. The third kappa shape index (κ3) is 3.00. The van der Waals surface area contributed by atoms with Gasteiger partial charge in [0.2, 0.25) is 0 Å². The molecule has 0 amide bonds. The summed E-state index contributed by atoms with van der Waals surface area (Å²) in [6.07, 6.45) is 4.18. The Morgan fingerprint density at radius 1 is 1.32 bits per heavy atom. The number of carboxylic acids is 1. The molecule has 1 aromatic carbocycles. The van der Waals surface area contributed by atoms with Crippen molar-refractivity contribution in [1.82, 2.24) is 14.8 Å². The lowest BCUT2D eigenvalue weighted by Gasteiger charge is -2.26. The topological polar surface area (TPSA) is 57.5 Å². The monoisotopic (exact) mass is 301 g/mol. The predicted octanol–water partition coefficient (Wildman–Crippen LogP) is 1.71. The highest BCUT2D eigenvalue weighted by Gasteiger charge is 2.15. The Kier molecular flexibility index (Phi) is 4.45. The van der Waals surface area contributed by atoms with Gasteiger partial charge in [-0.2, -0.15) is 0 Å². The van der Waals surface area contributed by atoms with Crippen molar-refractivity contribution in [1.29, 1.82) is 0 Å². The molecule has 0 bridgehead atoms. The fourth-order valence-corrected chi connectivity index (χ4v) is 3.35. The van der Waals surface area contributed by atoms with E-state index >= 15 is 0 Å². The van der Waals surface area contributed by atoms with Crippen LogP contribution in [0, 0.1) is 0 Å². The highest BCUT2D eigenvalue weighted by atomic mass is 16.4. The average molecular weight is 301 g/mol. The van der Waals surface area contributed by atoms with E-state index in [9.17, 15) is 9.90 Å². The Balaban J connectivity index is 1.74. The first-order valence-electron chi connectivity index (χ1n) is 7.90. The molecule has 0 aliphatic carbocycles. The van der Waals surface area contributed by atoms with Crippen molar-refractivity contribution in [2.24, 2.45) is 7.05 Å². The maximum Gasteiger partial charge on any atom is 0.337 e. The number of aromatic nitrogens is 1. The molecule has 1 fully saturated rings. The SMILES string of the molecule is Cn1cc(CCCN2CCNCC2)c2cccc(C(=O)O)c21. The Labute approximate surface area is 130 Å². The molecule has 0 unspecified atom stereocenters. The number of carboxylic acid groups (broad SMARTS) is 1. The number of carbonyl (C=O) groups is 1. The lowest BCUT2D eigenvalue weighted by molar-refractivity contribution is 0.0698. The molecule has 22 heavy (non-hydrogen) atoms. The van der Waals surface area contributed by atoms with E-state index in [4.69, 9.17) is 0 Å². The van der Waals surface area contributed by atoms with Crippen molar-refractivity contribution in [3.05, 3.63) is 35.5 Å². The van der Waals surface area contributed by atoms with E-state index in [-0.39, 0.29) is 0 Å². The van der Waals surface area contributed by atoms with E-state index in [2.05, 4.69) is 16.4 Å². The van der Waals surface area contributed by atoms with Crippen LogP contribution in [-0.4, -0.2) is 53.3 Å². The minimum absolute atomic E-state index is 0.383. The molecule has 0 spiro atoms. The molecule has 0 atom stereocenters. The number of hydrogen-bond acceptors (Lipinski definition) is 3. The van der Waals surface area contributed by atoms with Gasteiger partial charge in [0, 0.05) is 44.8 Å². The number of aromatic carboxylic acids is 1. The van der Waals surface area contributed by atoms with Crippen LogP contribution < -0.4 is 5.32 Å². The summed E-state index contributed by atoms with van der Waals surface area (Å²) in [6.45, 7) is 5.51. The van der Waals surface area contributed by atoms with Crippen molar-refractivity contribution in [3.8, 4) is 0 Å². The highest BCUT2D eigenvalue weighted by Crippen LogP contribution is 2.25. The number of fused-ring (bicyclic) bond motifs is 1. The van der Waals surface area contributed by atoms with Crippen LogP contribution >= 0.6 is 0 Å². The van der Waals surface area contributed by atoms with Gasteiger partial charge in [-0.3, -0.25) is 0 Å². The molecule has 1 saturated heterocycles. The Morgan fingerprint density at radius 2 is 2.09 bits per heavy atom. The van der Waals surface area contributed by atoms with Crippen LogP contribution in [0.3, 0.4) is 0 Å². The van der Waals surface area contributed by atoms with Crippen LogP contribution in [0.5, 0.6) is 0 Å². The molecule has 1 aliphatic rings. The fraction of sp³-hybridized carbons (Fsp3) is 0.471. The summed E-state index contributed by atoms with van der Waals surface area (Å²) in [6, 6.07) is 5.54. The summed E-state index contributed by atoms with van der Waals surface area (Å²) in [5, 5.41) is 13.8. The number of para-hydroxylation sites is 1. The van der Waals surface area contributed by atoms with Crippen LogP contribution in [-0.2, 0) is 13.5 Å². The number of hydrogen-bond donors (Lipinski definition) is 2. The van der Waals surface area contributed by atoms with Crippen molar-refractivity contribution in [3.63, 3.8) is 0 Å². The summed E-state index contributed by atoms with van der Waals surface area (Å²) in [5.74, 6) is -0.862. The normalized spacial score (nSPS) is 16.2. The summed E-state index contributed by atoms with van der Waals surface area (Å²) in [5.41, 5.74) is 2.45. The molecule has 0 radical (unpaired) electrons. The second kappa shape index (κ2) is 6.50. The first kappa shape index (κ1) is 15.1.